The fraction of sp³-hybridized carbons (Fsp3) is 0.360. The number of carbonyl (C=O) groups excluding carboxylic acids is 4. The van der Waals surface area contributed by atoms with E-state index in [0.29, 0.717) is 189 Å². The van der Waals surface area contributed by atoms with Gasteiger partial charge in [0.1, 0.15) is 35.3 Å². The average molecular weight is 1900 g/mol. The topological polar surface area (TPSA) is 406 Å². The number of nitrogens with zero attached hydrogens (tertiary/aromatic N) is 17. The molecule has 0 bridgehead atoms. The molecule has 34 nitrogen and oxygen atoms in total. The minimum atomic E-state index is -0.843. The van der Waals surface area contributed by atoms with Gasteiger partial charge < -0.3 is 73.2 Å². The van der Waals surface area contributed by atoms with Crippen LogP contribution in [0.1, 0.15) is 165 Å². The molecule has 5 aliphatic heterocycles. The number of aliphatic hydroxyl groups is 1. The maximum absolute atomic E-state index is 13.9. The van der Waals surface area contributed by atoms with Crippen LogP contribution in [0, 0.1) is 23.3 Å². The predicted molar refractivity (Wildman–Crippen MR) is 521 cm³/mol. The van der Waals surface area contributed by atoms with Crippen molar-refractivity contribution in [2.75, 3.05) is 90.7 Å². The number of hydrogen-bond donors (Lipinski definition) is 12. The molecular formula is C100H111F5N28O6. The molecule has 8 aliphatic rings. The number of fused-ring (bicyclic) bond motifs is 4. The van der Waals surface area contributed by atoms with E-state index in [-0.39, 0.29) is 96.7 Å². The predicted octanol–water partition coefficient (Wildman–Crippen LogP) is 13.5. The fourth-order valence-electron chi connectivity index (χ4n) is 18.0. The number of rotatable bonds is 28. The first-order chi connectivity index (χ1) is 67.3. The Balaban J connectivity index is 0.000000128. The van der Waals surface area contributed by atoms with Crippen molar-refractivity contribution in [2.45, 2.75) is 177 Å². The number of ether oxygens (including phenoxy) is 1. The zero-order chi connectivity index (χ0) is 96.7. The molecule has 12 aromatic rings. The molecule has 2 atom stereocenters. The molecule has 4 aromatic carbocycles. The van der Waals surface area contributed by atoms with Gasteiger partial charge in [-0.25, -0.2) is 26.9 Å². The van der Waals surface area contributed by atoms with Crippen LogP contribution in [0.2, 0.25) is 0 Å². The van der Waals surface area contributed by atoms with E-state index in [9.17, 15) is 46.2 Å². The summed E-state index contributed by atoms with van der Waals surface area (Å²) in [6.07, 6.45) is 27.5. The number of aliphatic hydroxyl groups excluding tert-OH is 1. The van der Waals surface area contributed by atoms with Gasteiger partial charge in [0.25, 0.3) is 0 Å². The van der Waals surface area contributed by atoms with E-state index in [4.69, 9.17) is 29.7 Å². The van der Waals surface area contributed by atoms with Crippen LogP contribution in [0.15, 0.2) is 193 Å². The van der Waals surface area contributed by atoms with Gasteiger partial charge in [0.05, 0.1) is 56.6 Å². The average Bonchev–Trinajstić information content (AvgIpc) is 1.65. The molecule has 0 spiro atoms. The van der Waals surface area contributed by atoms with Gasteiger partial charge in [-0.05, 0) is 241 Å². The van der Waals surface area contributed by atoms with E-state index in [0.717, 1.165) is 131 Å². The standard InChI is InChI=1S/C27H33FN8O.C25H28FN7O2.C24H24F2N6O.C24H26FN7O2/c1-17-19(15-24(37)31-17)14-20-16-30-36-25(20)33-26(32-22-7-9-23(10-8-22)35(2)3)34-27(36)29-12-11-18-5-4-6-21(28)13-18;1-15-17(13-22(35)29-15)12-18-14-28-33-23(18)31-24(30-20-5-7-21(34)8-6-20)32-25(33)27-10-9-16-3-2-4-19(26)11-16;1-14-17(12-21(33)29-14)10-18-13-28-32-23(18)30-22(16-5-6-20(26)11-16)31-24(32)27-8-7-15-3-2-4-19(25)9-15;1-15-17(13-21(33)28-15)12-18-14-27-32-22(18)30-23(29-20-6-9-34-10-7-20)31-24(32)26-8-5-16-3-2-4-19(25)11-16/h4-6,13-14,16,22-23H,1,7-12,15H2,2-3H3,(H,31,37)(H2,29,32,33,34);2-4,11-12,14,20-21,34H,1,5-10,13H2,(H,29,35)(H2,27,30,31,32);2-4,9-10,13,16,20H,1,5-8,11-12H2,(H,29,33)(H,27,30,31);2-4,11-12,14,20H,1,5-10,13H2,(H,28,33)(H2,26,29,30,31)/b19-14+;17-12+;17-10+;17-12+/t;;16?,20-;/m..0./s1. The largest absolute Gasteiger partial charge is 0.393 e. The normalized spacial score (nSPS) is 20.6. The second kappa shape index (κ2) is 44.0. The monoisotopic (exact) mass is 1890 g/mol. The summed E-state index contributed by atoms with van der Waals surface area (Å²) in [5.41, 5.74) is 14.5. The molecule has 39 heteroatoms. The van der Waals surface area contributed by atoms with Crippen LogP contribution in [0.5, 0.6) is 0 Å². The highest BCUT2D eigenvalue weighted by molar-refractivity contribution is 5.92. The van der Waals surface area contributed by atoms with Crippen molar-refractivity contribution < 1.29 is 51.0 Å². The van der Waals surface area contributed by atoms with Crippen molar-refractivity contribution in [3.05, 3.63) is 267 Å². The van der Waals surface area contributed by atoms with Crippen molar-refractivity contribution in [2.24, 2.45) is 0 Å². The Hall–Kier alpha value is -15.0. The molecule has 12 N–H and O–H groups in total. The second-order valence-corrected chi connectivity index (χ2v) is 36.0. The molecular weight excluding hydrogens is 1780 g/mol. The van der Waals surface area contributed by atoms with Gasteiger partial charge in [0.15, 0.2) is 22.6 Å². The van der Waals surface area contributed by atoms with E-state index in [1.807, 2.05) is 48.6 Å². The van der Waals surface area contributed by atoms with E-state index in [2.05, 4.69) is 139 Å². The molecule has 13 heterocycles. The molecule has 3 saturated carbocycles. The maximum Gasteiger partial charge on any atom is 0.229 e. The molecule has 139 heavy (non-hydrogen) atoms. The van der Waals surface area contributed by atoms with Gasteiger partial charge in [-0.3, -0.25) is 19.2 Å². The number of hydrogen-bond acceptors (Lipinski definition) is 26. The van der Waals surface area contributed by atoms with Crippen molar-refractivity contribution in [1.82, 2.24) is 104 Å². The summed E-state index contributed by atoms with van der Waals surface area (Å²) in [6.45, 7) is 19.2. The van der Waals surface area contributed by atoms with Gasteiger partial charge in [0.2, 0.25) is 65.3 Å². The third-order valence-corrected chi connectivity index (χ3v) is 25.5. The number of alkyl halides is 1. The minimum absolute atomic E-state index is 0.0612. The van der Waals surface area contributed by atoms with Crippen LogP contribution in [0.25, 0.3) is 46.9 Å². The van der Waals surface area contributed by atoms with Crippen molar-refractivity contribution in [1.29, 1.82) is 0 Å². The number of aromatic nitrogens is 16. The van der Waals surface area contributed by atoms with E-state index >= 15 is 0 Å². The first-order valence-electron chi connectivity index (χ1n) is 46.9. The summed E-state index contributed by atoms with van der Waals surface area (Å²) in [5, 5.41) is 62.2. The summed E-state index contributed by atoms with van der Waals surface area (Å²) in [5.74, 6) is 2.72. The van der Waals surface area contributed by atoms with Crippen LogP contribution < -0.4 is 58.5 Å². The number of benzene rings is 4. The lowest BCUT2D eigenvalue weighted by molar-refractivity contribution is -0.119. The van der Waals surface area contributed by atoms with Crippen LogP contribution in [-0.4, -0.2) is 202 Å². The molecule has 20 rings (SSSR count). The van der Waals surface area contributed by atoms with E-state index < -0.39 is 6.17 Å². The molecule has 5 saturated heterocycles. The van der Waals surface area contributed by atoms with Gasteiger partial charge in [-0.1, -0.05) is 74.8 Å². The van der Waals surface area contributed by atoms with Gasteiger partial charge in [-0.15, -0.1) is 0 Å². The molecule has 3 aliphatic carbocycles. The quantitative estimate of drug-likeness (QED) is 0.0203. The van der Waals surface area contributed by atoms with Crippen LogP contribution in [0.4, 0.5) is 63.6 Å². The van der Waals surface area contributed by atoms with Crippen LogP contribution in [-0.2, 0) is 49.6 Å². The summed E-state index contributed by atoms with van der Waals surface area (Å²) < 4.78 is 80.0. The van der Waals surface area contributed by atoms with Crippen molar-refractivity contribution in [3.8, 4) is 0 Å². The van der Waals surface area contributed by atoms with Gasteiger partial charge in [0, 0.05) is 115 Å². The number of amides is 4. The maximum atomic E-state index is 13.9. The summed E-state index contributed by atoms with van der Waals surface area (Å²) in [4.78, 5) is 87.0. The highest BCUT2D eigenvalue weighted by Gasteiger charge is 2.33. The second-order valence-electron chi connectivity index (χ2n) is 36.0. The molecule has 722 valence electrons. The Morgan fingerprint density at radius 3 is 1.01 bits per heavy atom. The fourth-order valence-corrected chi connectivity index (χ4v) is 18.0. The van der Waals surface area contributed by atoms with Gasteiger partial charge >= 0.3 is 0 Å². The minimum Gasteiger partial charge on any atom is -0.393 e. The zero-order valence-electron chi connectivity index (χ0n) is 77.3. The lowest BCUT2D eigenvalue weighted by Gasteiger charge is -2.33. The van der Waals surface area contributed by atoms with Gasteiger partial charge in [-0.2, -0.15) is 73.3 Å². The highest BCUT2D eigenvalue weighted by Crippen LogP contribution is 2.37. The van der Waals surface area contributed by atoms with Crippen molar-refractivity contribution in [3.63, 3.8) is 0 Å². The molecule has 8 fully saturated rings. The summed E-state index contributed by atoms with van der Waals surface area (Å²) in [6, 6.07) is 27.4. The number of anilines is 7. The number of allylic oxidation sites excluding steroid dienone is 4. The Labute approximate surface area is 798 Å². The Morgan fingerprint density at radius 1 is 0.410 bits per heavy atom. The zero-order valence-corrected chi connectivity index (χ0v) is 77.3. The third-order valence-electron chi connectivity index (χ3n) is 25.5. The SMILES string of the molecule is C=C1NC(=O)C/C1=C\c1cnn2c(NCCc3cccc(F)c3)nc(C3CC[C@H](F)C3)nc12.C=C1NC(=O)C/C1=C\c1cnn2c(NCCc3cccc(F)c3)nc(NC3CCC(N(C)C)CC3)nc12.C=C1NC(=O)C/C1=C\c1cnn2c(NCCc3cccc(F)c3)nc(NC3CCC(O)CC3)nc12.C=C1NC(=O)C/C1=C\c1cnn2c(NCCc3cccc(F)c3)nc(NC3CCOCC3)nc12. The first kappa shape index (κ1) is 95.7. The van der Waals surface area contributed by atoms with E-state index in [1.165, 1.54) is 48.5 Å². The third kappa shape index (κ3) is 24.7. The number of carbonyl (C=O) groups is 4. The van der Waals surface area contributed by atoms with Crippen molar-refractivity contribution >= 4 is 112 Å². The molecule has 1 unspecified atom stereocenters. The smallest absolute Gasteiger partial charge is 0.229 e. The summed E-state index contributed by atoms with van der Waals surface area (Å²) in [7, 11) is 4.27. The molecule has 4 amide bonds. The first-order valence-corrected chi connectivity index (χ1v) is 46.9. The number of halogens is 5. The molecule has 8 aromatic heterocycles. The van der Waals surface area contributed by atoms with E-state index in [1.54, 1.807) is 67.1 Å². The summed E-state index contributed by atoms with van der Waals surface area (Å²) >= 11 is 0. The highest BCUT2D eigenvalue weighted by atomic mass is 19.1. The Kier molecular flexibility index (Phi) is 30.3. The molecule has 0 radical (unpaired) electrons. The Morgan fingerprint density at radius 2 is 0.719 bits per heavy atom. The number of nitrogens with one attached hydrogen (secondary N) is 11. The van der Waals surface area contributed by atoms with Crippen LogP contribution in [0.3, 0.4) is 0 Å². The van der Waals surface area contributed by atoms with Crippen LogP contribution >= 0.6 is 0 Å². The Bertz CT molecular complexity index is 6760. The lowest BCUT2D eigenvalue weighted by Crippen LogP contribution is -2.36. The lowest BCUT2D eigenvalue weighted by atomic mass is 9.91.